The first-order valence-electron chi connectivity index (χ1n) is 9.68. The van der Waals surface area contributed by atoms with Gasteiger partial charge in [-0.2, -0.15) is 13.2 Å². The predicted molar refractivity (Wildman–Crippen MR) is 97.5 cm³/mol. The fraction of sp³-hybridized carbons (Fsp3) is 0.650. The van der Waals surface area contributed by atoms with Crippen LogP contribution in [0.2, 0.25) is 0 Å². The molecular formula is C20H27F3N2O3. The molecule has 1 aromatic rings. The minimum Gasteiger partial charge on any atom is -0.390 e. The first-order valence-corrected chi connectivity index (χ1v) is 9.68. The van der Waals surface area contributed by atoms with Crippen LogP contribution in [0.1, 0.15) is 24.8 Å². The maximum absolute atomic E-state index is 12.8. The molecule has 0 unspecified atom stereocenters. The van der Waals surface area contributed by atoms with Gasteiger partial charge in [-0.1, -0.05) is 30.3 Å². The quantitative estimate of drug-likeness (QED) is 0.810. The smallest absolute Gasteiger partial charge is 0.390 e. The van der Waals surface area contributed by atoms with Crippen LogP contribution in [0.25, 0.3) is 0 Å². The summed E-state index contributed by atoms with van der Waals surface area (Å²) in [6.07, 6.45) is -4.75. The maximum Gasteiger partial charge on any atom is 0.391 e. The molecule has 0 radical (unpaired) electrons. The van der Waals surface area contributed by atoms with Gasteiger partial charge in [0, 0.05) is 13.1 Å². The Morgan fingerprint density at radius 2 is 1.75 bits per heavy atom. The van der Waals surface area contributed by atoms with Gasteiger partial charge in [-0.05, 0) is 37.9 Å². The molecule has 2 aliphatic rings. The molecule has 2 N–H and O–H groups in total. The normalized spacial score (nSPS) is 27.8. The zero-order valence-electron chi connectivity index (χ0n) is 15.7. The van der Waals surface area contributed by atoms with Gasteiger partial charge < -0.3 is 20.0 Å². The molecule has 1 aromatic carbocycles. The van der Waals surface area contributed by atoms with Crippen LogP contribution >= 0.6 is 0 Å². The molecule has 2 fully saturated rings. The number of alkyl halides is 3. The first kappa shape index (κ1) is 21.1. The number of hydrogen-bond acceptors (Lipinski definition) is 4. The molecule has 5 nitrogen and oxygen atoms in total. The SMILES string of the molecule is O=C(Cc1ccccc1)N1CC[C@H](O)[C@@](O)(CN2CCC(C(F)(F)F)CC2)C1. The zero-order valence-corrected chi connectivity index (χ0v) is 15.7. The number of β-amino-alcohol motifs (C(OH)–C–C–N with tert-alkyl or cyclic N) is 1. The zero-order chi connectivity index (χ0) is 20.4. The van der Waals surface area contributed by atoms with Crippen molar-refractivity contribution in [3.63, 3.8) is 0 Å². The average molecular weight is 400 g/mol. The Kier molecular flexibility index (Phi) is 6.31. The van der Waals surface area contributed by atoms with E-state index >= 15 is 0 Å². The van der Waals surface area contributed by atoms with Crippen molar-refractivity contribution in [3.05, 3.63) is 35.9 Å². The van der Waals surface area contributed by atoms with E-state index in [1.807, 2.05) is 30.3 Å². The van der Waals surface area contributed by atoms with E-state index in [0.29, 0.717) is 6.54 Å². The van der Waals surface area contributed by atoms with E-state index in [-0.39, 0.29) is 57.8 Å². The van der Waals surface area contributed by atoms with Crippen molar-refractivity contribution >= 4 is 5.91 Å². The molecule has 3 rings (SSSR count). The number of halogens is 3. The van der Waals surface area contributed by atoms with Gasteiger partial charge in [-0.3, -0.25) is 4.79 Å². The van der Waals surface area contributed by atoms with Crippen LogP contribution in [0, 0.1) is 5.92 Å². The number of hydrogen-bond donors (Lipinski definition) is 2. The number of benzene rings is 1. The highest BCUT2D eigenvalue weighted by atomic mass is 19.4. The van der Waals surface area contributed by atoms with Gasteiger partial charge in [0.1, 0.15) is 5.60 Å². The summed E-state index contributed by atoms with van der Waals surface area (Å²) in [6.45, 7) is 0.840. The standard InChI is InChI=1S/C20H27F3N2O3/c21-20(22,23)16-6-9-24(10-7-16)13-19(28)14-25(11-8-17(19)26)18(27)12-15-4-2-1-3-5-15/h1-5,16-17,26,28H,6-14H2/t17-,19+/m0/s1. The number of aliphatic hydroxyl groups excluding tert-OH is 1. The molecule has 2 aliphatic heterocycles. The molecule has 28 heavy (non-hydrogen) atoms. The second-order valence-corrected chi connectivity index (χ2v) is 7.98. The number of piperidine rings is 2. The van der Waals surface area contributed by atoms with Crippen LogP contribution in [0.3, 0.4) is 0 Å². The predicted octanol–water partition coefficient (Wildman–Crippen LogP) is 1.83. The third kappa shape index (κ3) is 5.04. The van der Waals surface area contributed by atoms with E-state index in [0.717, 1.165) is 5.56 Å². The Balaban J connectivity index is 1.58. The topological polar surface area (TPSA) is 64.0 Å². The highest BCUT2D eigenvalue weighted by Crippen LogP contribution is 2.35. The van der Waals surface area contributed by atoms with Gasteiger partial charge in [-0.15, -0.1) is 0 Å². The van der Waals surface area contributed by atoms with Gasteiger partial charge in [-0.25, -0.2) is 0 Å². The molecule has 8 heteroatoms. The summed E-state index contributed by atoms with van der Waals surface area (Å²) in [5.41, 5.74) is -0.660. The number of nitrogens with zero attached hydrogens (tertiary/aromatic N) is 2. The minimum absolute atomic E-state index is 0.00761. The van der Waals surface area contributed by atoms with Crippen molar-refractivity contribution in [2.24, 2.45) is 5.92 Å². The number of amides is 1. The van der Waals surface area contributed by atoms with Gasteiger partial charge in [0.25, 0.3) is 0 Å². The molecule has 0 bridgehead atoms. The maximum atomic E-state index is 12.8. The van der Waals surface area contributed by atoms with E-state index in [1.54, 1.807) is 9.80 Å². The Hall–Kier alpha value is -1.64. The van der Waals surface area contributed by atoms with E-state index in [9.17, 15) is 28.2 Å². The summed E-state index contributed by atoms with van der Waals surface area (Å²) in [6, 6.07) is 9.28. The lowest BCUT2D eigenvalue weighted by Gasteiger charge is -2.46. The largest absolute Gasteiger partial charge is 0.391 e. The Morgan fingerprint density at radius 1 is 1.11 bits per heavy atom. The third-order valence-corrected chi connectivity index (χ3v) is 5.86. The average Bonchev–Trinajstić information content (AvgIpc) is 2.64. The second-order valence-electron chi connectivity index (χ2n) is 7.98. The lowest BCUT2D eigenvalue weighted by atomic mass is 9.87. The van der Waals surface area contributed by atoms with Crippen LogP contribution in [0.5, 0.6) is 0 Å². The molecule has 156 valence electrons. The van der Waals surface area contributed by atoms with Crippen LogP contribution in [0.4, 0.5) is 13.2 Å². The lowest BCUT2D eigenvalue weighted by Crippen LogP contribution is -2.63. The van der Waals surface area contributed by atoms with Gasteiger partial charge >= 0.3 is 6.18 Å². The van der Waals surface area contributed by atoms with Crippen LogP contribution in [-0.2, 0) is 11.2 Å². The Bertz CT molecular complexity index is 662. The lowest BCUT2D eigenvalue weighted by molar-refractivity contribution is -0.189. The Labute approximate surface area is 162 Å². The number of carbonyl (C=O) groups excluding carboxylic acids is 1. The minimum atomic E-state index is -4.19. The molecule has 0 aromatic heterocycles. The van der Waals surface area contributed by atoms with Gasteiger partial charge in [0.05, 0.1) is 25.0 Å². The van der Waals surface area contributed by atoms with Gasteiger partial charge in [0.15, 0.2) is 0 Å². The number of carbonyl (C=O) groups is 1. The van der Waals surface area contributed by atoms with Crippen molar-refractivity contribution in [1.29, 1.82) is 0 Å². The number of aliphatic hydroxyl groups is 2. The van der Waals surface area contributed by atoms with Gasteiger partial charge in [0.2, 0.25) is 5.91 Å². The van der Waals surface area contributed by atoms with Crippen molar-refractivity contribution < 1.29 is 28.2 Å². The highest BCUT2D eigenvalue weighted by molar-refractivity contribution is 5.79. The highest BCUT2D eigenvalue weighted by Gasteiger charge is 2.46. The summed E-state index contributed by atoms with van der Waals surface area (Å²) in [7, 11) is 0. The number of rotatable bonds is 4. The molecule has 1 amide bonds. The fourth-order valence-electron chi connectivity index (χ4n) is 4.12. The van der Waals surface area contributed by atoms with Crippen molar-refractivity contribution in [2.45, 2.75) is 43.6 Å². The molecular weight excluding hydrogens is 373 g/mol. The summed E-state index contributed by atoms with van der Waals surface area (Å²) in [5, 5.41) is 21.3. The summed E-state index contributed by atoms with van der Waals surface area (Å²) in [5.74, 6) is -1.44. The first-order chi connectivity index (χ1) is 13.2. The van der Waals surface area contributed by atoms with Crippen molar-refractivity contribution in [3.8, 4) is 0 Å². The second kappa shape index (κ2) is 8.39. The third-order valence-electron chi connectivity index (χ3n) is 5.86. The van der Waals surface area contributed by atoms with E-state index in [2.05, 4.69) is 0 Å². The number of likely N-dealkylation sites (tertiary alicyclic amines) is 2. The molecule has 2 heterocycles. The Morgan fingerprint density at radius 3 is 2.36 bits per heavy atom. The molecule has 2 saturated heterocycles. The van der Waals surface area contributed by atoms with Crippen molar-refractivity contribution in [2.75, 3.05) is 32.7 Å². The van der Waals surface area contributed by atoms with Crippen LogP contribution in [0.15, 0.2) is 30.3 Å². The van der Waals surface area contributed by atoms with E-state index in [1.165, 1.54) is 0 Å². The van der Waals surface area contributed by atoms with Crippen molar-refractivity contribution in [1.82, 2.24) is 9.80 Å². The molecule has 2 atom stereocenters. The van der Waals surface area contributed by atoms with E-state index < -0.39 is 23.8 Å². The summed E-state index contributed by atoms with van der Waals surface area (Å²) in [4.78, 5) is 15.9. The summed E-state index contributed by atoms with van der Waals surface area (Å²) >= 11 is 0. The molecule has 0 aliphatic carbocycles. The van der Waals surface area contributed by atoms with Crippen LogP contribution in [-0.4, -0.2) is 76.5 Å². The molecule has 0 spiro atoms. The monoisotopic (exact) mass is 400 g/mol. The fourth-order valence-corrected chi connectivity index (χ4v) is 4.12. The van der Waals surface area contributed by atoms with Crippen LogP contribution < -0.4 is 0 Å². The summed E-state index contributed by atoms with van der Waals surface area (Å²) < 4.78 is 38.5. The molecule has 0 saturated carbocycles. The van der Waals surface area contributed by atoms with E-state index in [4.69, 9.17) is 0 Å².